The van der Waals surface area contributed by atoms with Crippen LogP contribution in [-0.2, 0) is 0 Å². The van der Waals surface area contributed by atoms with Crippen LogP contribution in [-0.4, -0.2) is 27.1 Å². The van der Waals surface area contributed by atoms with Gasteiger partial charge in [0.25, 0.3) is 0 Å². The molecule has 0 aliphatic heterocycles. The molecule has 0 atom stereocenters. The first-order valence-electron chi connectivity index (χ1n) is 3.19. The lowest BCUT2D eigenvalue weighted by Crippen LogP contribution is -2.09. The molecule has 0 aliphatic rings. The molecule has 0 saturated heterocycles. The van der Waals surface area contributed by atoms with Crippen LogP contribution in [0.25, 0.3) is 0 Å². The van der Waals surface area contributed by atoms with Crippen molar-refractivity contribution in [3.8, 4) is 0 Å². The Morgan fingerprint density at radius 3 is 2.58 bits per heavy atom. The SMILES string of the molecule is CC(=O)c1nnccc1C(=O)O. The third kappa shape index (κ3) is 1.45. The quantitative estimate of drug-likeness (QED) is 0.642. The third-order valence-corrected chi connectivity index (χ3v) is 1.28. The number of carbonyl (C=O) groups is 2. The summed E-state index contributed by atoms with van der Waals surface area (Å²) in [5, 5.41) is 15.4. The number of carbonyl (C=O) groups excluding carboxylic acids is 1. The molecule has 5 nitrogen and oxygen atoms in total. The van der Waals surface area contributed by atoms with Crippen LogP contribution in [0.15, 0.2) is 12.3 Å². The number of aromatic nitrogens is 2. The van der Waals surface area contributed by atoms with Gasteiger partial charge in [0.1, 0.15) is 5.69 Å². The van der Waals surface area contributed by atoms with Gasteiger partial charge < -0.3 is 5.11 Å². The monoisotopic (exact) mass is 166 g/mol. The van der Waals surface area contributed by atoms with Gasteiger partial charge in [0.2, 0.25) is 0 Å². The van der Waals surface area contributed by atoms with Crippen molar-refractivity contribution in [2.24, 2.45) is 0 Å². The van der Waals surface area contributed by atoms with Gasteiger partial charge in [0.05, 0.1) is 11.8 Å². The third-order valence-electron chi connectivity index (χ3n) is 1.28. The van der Waals surface area contributed by atoms with Gasteiger partial charge in [-0.3, -0.25) is 4.79 Å². The summed E-state index contributed by atoms with van der Waals surface area (Å²) < 4.78 is 0. The van der Waals surface area contributed by atoms with Crippen LogP contribution in [0.2, 0.25) is 0 Å². The molecule has 0 fully saturated rings. The molecule has 1 aromatic rings. The van der Waals surface area contributed by atoms with Crippen molar-refractivity contribution in [1.29, 1.82) is 0 Å². The van der Waals surface area contributed by atoms with E-state index in [1.807, 2.05) is 0 Å². The van der Waals surface area contributed by atoms with Crippen LogP contribution in [0.3, 0.4) is 0 Å². The largest absolute Gasteiger partial charge is 0.478 e. The van der Waals surface area contributed by atoms with E-state index in [9.17, 15) is 9.59 Å². The fourth-order valence-corrected chi connectivity index (χ4v) is 0.764. The van der Waals surface area contributed by atoms with E-state index in [2.05, 4.69) is 10.2 Å². The molecule has 1 rings (SSSR count). The Morgan fingerprint density at radius 1 is 1.50 bits per heavy atom. The molecule has 0 aromatic carbocycles. The molecule has 0 spiro atoms. The van der Waals surface area contributed by atoms with E-state index in [1.54, 1.807) is 0 Å². The van der Waals surface area contributed by atoms with Crippen LogP contribution in [0.4, 0.5) is 0 Å². The van der Waals surface area contributed by atoms with Crippen molar-refractivity contribution < 1.29 is 14.7 Å². The van der Waals surface area contributed by atoms with Gasteiger partial charge in [0, 0.05) is 6.92 Å². The second-order valence-corrected chi connectivity index (χ2v) is 2.15. The molecule has 0 bridgehead atoms. The fourth-order valence-electron chi connectivity index (χ4n) is 0.764. The lowest BCUT2D eigenvalue weighted by atomic mass is 10.2. The second kappa shape index (κ2) is 3.08. The molecular weight excluding hydrogens is 160 g/mol. The average molecular weight is 166 g/mol. The summed E-state index contributed by atoms with van der Waals surface area (Å²) in [7, 11) is 0. The van der Waals surface area contributed by atoms with Crippen molar-refractivity contribution >= 4 is 11.8 Å². The number of carboxylic acid groups (broad SMARTS) is 1. The topological polar surface area (TPSA) is 80.2 Å². The minimum atomic E-state index is -1.17. The Balaban J connectivity index is 3.27. The number of nitrogens with zero attached hydrogens (tertiary/aromatic N) is 2. The van der Waals surface area contributed by atoms with Gasteiger partial charge in [0.15, 0.2) is 5.78 Å². The Bertz CT molecular complexity index is 302. The molecule has 1 aromatic heterocycles. The van der Waals surface area contributed by atoms with Crippen LogP contribution in [0, 0.1) is 0 Å². The Hall–Kier alpha value is -1.78. The minimum absolute atomic E-state index is 0.106. The number of hydrogen-bond donors (Lipinski definition) is 1. The predicted molar refractivity (Wildman–Crippen MR) is 39.0 cm³/mol. The van der Waals surface area contributed by atoms with E-state index >= 15 is 0 Å². The minimum Gasteiger partial charge on any atom is -0.478 e. The second-order valence-electron chi connectivity index (χ2n) is 2.15. The Labute approximate surface area is 68.1 Å². The van der Waals surface area contributed by atoms with Crippen molar-refractivity contribution in [2.75, 3.05) is 0 Å². The smallest absolute Gasteiger partial charge is 0.338 e. The highest BCUT2D eigenvalue weighted by molar-refractivity contribution is 6.02. The van der Waals surface area contributed by atoms with Crippen LogP contribution in [0.1, 0.15) is 27.8 Å². The van der Waals surface area contributed by atoms with Gasteiger partial charge in [-0.05, 0) is 6.07 Å². The lowest BCUT2D eigenvalue weighted by molar-refractivity contribution is 0.0691. The summed E-state index contributed by atoms with van der Waals surface area (Å²) >= 11 is 0. The molecule has 0 radical (unpaired) electrons. The molecule has 1 N–H and O–H groups in total. The fraction of sp³-hybridized carbons (Fsp3) is 0.143. The maximum Gasteiger partial charge on any atom is 0.338 e. The number of ketones is 1. The van der Waals surface area contributed by atoms with Crippen LogP contribution >= 0.6 is 0 Å². The molecule has 5 heteroatoms. The highest BCUT2D eigenvalue weighted by atomic mass is 16.4. The molecule has 12 heavy (non-hydrogen) atoms. The standard InChI is InChI=1S/C7H6N2O3/c1-4(10)6-5(7(11)12)2-3-8-9-6/h2-3H,1H3,(H,11,12). The molecule has 0 amide bonds. The molecule has 62 valence electrons. The normalized spacial score (nSPS) is 9.42. The Morgan fingerprint density at radius 2 is 2.17 bits per heavy atom. The highest BCUT2D eigenvalue weighted by Gasteiger charge is 2.14. The summed E-state index contributed by atoms with van der Waals surface area (Å²) in [4.78, 5) is 21.3. The van der Waals surface area contributed by atoms with Gasteiger partial charge in [-0.25, -0.2) is 4.79 Å². The van der Waals surface area contributed by atoms with E-state index in [-0.39, 0.29) is 11.3 Å². The van der Waals surface area contributed by atoms with Crippen molar-refractivity contribution in [2.45, 2.75) is 6.92 Å². The highest BCUT2D eigenvalue weighted by Crippen LogP contribution is 2.03. The zero-order valence-corrected chi connectivity index (χ0v) is 6.31. The molecule has 0 unspecified atom stereocenters. The first-order chi connectivity index (χ1) is 5.63. The average Bonchev–Trinajstić information content (AvgIpc) is 2.04. The summed E-state index contributed by atoms with van der Waals surface area (Å²) in [5.74, 6) is -1.57. The van der Waals surface area contributed by atoms with E-state index in [1.165, 1.54) is 19.2 Å². The van der Waals surface area contributed by atoms with Crippen LogP contribution < -0.4 is 0 Å². The van der Waals surface area contributed by atoms with Gasteiger partial charge in [-0.15, -0.1) is 5.10 Å². The summed E-state index contributed by atoms with van der Waals surface area (Å²) in [6, 6.07) is 1.24. The number of rotatable bonds is 2. The van der Waals surface area contributed by atoms with Crippen molar-refractivity contribution in [3.05, 3.63) is 23.5 Å². The zero-order chi connectivity index (χ0) is 9.14. The van der Waals surface area contributed by atoms with Gasteiger partial charge in [-0.2, -0.15) is 5.10 Å². The summed E-state index contributed by atoms with van der Waals surface area (Å²) in [6.45, 7) is 1.25. The number of Topliss-reactive ketones (excluding diaryl/α,β-unsaturated/α-hetero) is 1. The first kappa shape index (κ1) is 8.32. The molecule has 1 heterocycles. The maximum absolute atomic E-state index is 10.8. The van der Waals surface area contributed by atoms with E-state index < -0.39 is 11.8 Å². The van der Waals surface area contributed by atoms with Crippen molar-refractivity contribution in [3.63, 3.8) is 0 Å². The Kier molecular flexibility index (Phi) is 2.14. The molecule has 0 aliphatic carbocycles. The maximum atomic E-state index is 10.8. The predicted octanol–water partition coefficient (Wildman–Crippen LogP) is 0.377. The molecular formula is C7H6N2O3. The summed E-state index contributed by atoms with van der Waals surface area (Å²) in [6.07, 6.45) is 1.23. The van der Waals surface area contributed by atoms with E-state index in [0.717, 1.165) is 0 Å². The zero-order valence-electron chi connectivity index (χ0n) is 6.31. The van der Waals surface area contributed by atoms with Crippen LogP contribution in [0.5, 0.6) is 0 Å². The summed E-state index contributed by atoms with van der Waals surface area (Å²) in [5.41, 5.74) is -0.220. The van der Waals surface area contributed by atoms with E-state index in [4.69, 9.17) is 5.11 Å². The van der Waals surface area contributed by atoms with E-state index in [0.29, 0.717) is 0 Å². The molecule has 0 saturated carbocycles. The number of aromatic carboxylic acids is 1. The number of hydrogen-bond acceptors (Lipinski definition) is 4. The number of carboxylic acids is 1. The lowest BCUT2D eigenvalue weighted by Gasteiger charge is -1.97. The first-order valence-corrected chi connectivity index (χ1v) is 3.19. The van der Waals surface area contributed by atoms with Gasteiger partial charge >= 0.3 is 5.97 Å². The van der Waals surface area contributed by atoms with Gasteiger partial charge in [-0.1, -0.05) is 0 Å². The van der Waals surface area contributed by atoms with Crippen molar-refractivity contribution in [1.82, 2.24) is 10.2 Å².